The third-order valence-corrected chi connectivity index (χ3v) is 6.03. The van der Waals surface area contributed by atoms with E-state index in [0.717, 1.165) is 6.07 Å². The molecule has 9 heteroatoms. The fourth-order valence-electron chi connectivity index (χ4n) is 4.35. The molecule has 2 aromatic carbocycles. The lowest BCUT2D eigenvalue weighted by Crippen LogP contribution is -2.45. The van der Waals surface area contributed by atoms with E-state index < -0.39 is 35.6 Å². The molecule has 188 valence electrons. The first kappa shape index (κ1) is 26.3. The van der Waals surface area contributed by atoms with Crippen LogP contribution in [0.15, 0.2) is 55.1 Å². The maximum atomic E-state index is 14.1. The van der Waals surface area contributed by atoms with E-state index in [-0.39, 0.29) is 24.2 Å². The van der Waals surface area contributed by atoms with E-state index in [1.54, 1.807) is 30.3 Å². The predicted molar refractivity (Wildman–Crippen MR) is 126 cm³/mol. The quantitative estimate of drug-likeness (QED) is 0.405. The van der Waals surface area contributed by atoms with E-state index in [9.17, 15) is 22.8 Å². The van der Waals surface area contributed by atoms with Gasteiger partial charge in [0.1, 0.15) is 5.75 Å². The summed E-state index contributed by atoms with van der Waals surface area (Å²) in [4.78, 5) is 29.0. The summed E-state index contributed by atoms with van der Waals surface area (Å²) >= 11 is 0. The zero-order valence-electron chi connectivity index (χ0n) is 20.0. The van der Waals surface area contributed by atoms with Crippen LogP contribution in [0.25, 0.3) is 0 Å². The number of nitrogens with zero attached hydrogens (tertiary/aromatic N) is 2. The van der Waals surface area contributed by atoms with Gasteiger partial charge in [0.25, 0.3) is 5.91 Å². The summed E-state index contributed by atoms with van der Waals surface area (Å²) in [6, 6.07) is 10.5. The van der Waals surface area contributed by atoms with Gasteiger partial charge in [0.2, 0.25) is 0 Å². The van der Waals surface area contributed by atoms with Gasteiger partial charge in [-0.2, -0.15) is 13.2 Å². The average Bonchev–Trinajstić information content (AvgIpc) is 2.91. The van der Waals surface area contributed by atoms with Crippen molar-refractivity contribution < 1.29 is 32.2 Å². The minimum absolute atomic E-state index is 0.00445. The maximum Gasteiger partial charge on any atom is 0.416 e. The molecule has 3 rings (SSSR count). The minimum atomic E-state index is -4.62. The lowest BCUT2D eigenvalue weighted by molar-refractivity contribution is -0.154. The van der Waals surface area contributed by atoms with Gasteiger partial charge in [-0.25, -0.2) is 0 Å². The van der Waals surface area contributed by atoms with Crippen LogP contribution in [0.1, 0.15) is 29.5 Å². The fourth-order valence-corrected chi connectivity index (χ4v) is 4.35. The molecule has 1 aliphatic rings. The van der Waals surface area contributed by atoms with E-state index in [4.69, 9.17) is 9.47 Å². The molecule has 2 atom stereocenters. The van der Waals surface area contributed by atoms with Gasteiger partial charge in [0.15, 0.2) is 6.10 Å². The summed E-state index contributed by atoms with van der Waals surface area (Å²) < 4.78 is 52.8. The van der Waals surface area contributed by atoms with Gasteiger partial charge >= 0.3 is 12.1 Å². The molecule has 0 aliphatic carbocycles. The number of likely N-dealkylation sites (N-methyl/N-ethyl adjacent to an activating group) is 1. The van der Waals surface area contributed by atoms with Crippen molar-refractivity contribution in [3.8, 4) is 5.75 Å². The SMILES string of the molecule is C=CCN(C)CCN1C(=O)[C@H](OC(C)=O)[C@H](c2ccc(OC)cc2)Cc2c1cccc2C(F)(F)F. The molecule has 6 nitrogen and oxygen atoms in total. The normalized spacial score (nSPS) is 18.1. The molecule has 0 aromatic heterocycles. The zero-order chi connectivity index (χ0) is 25.8. The predicted octanol–water partition coefficient (Wildman–Crippen LogP) is 4.44. The molecule has 0 saturated heterocycles. The molecule has 2 aromatic rings. The first-order valence-corrected chi connectivity index (χ1v) is 11.2. The molecular weight excluding hydrogens is 461 g/mol. The molecule has 0 unspecified atom stereocenters. The number of esters is 1. The van der Waals surface area contributed by atoms with Crippen molar-refractivity contribution in [2.24, 2.45) is 0 Å². The Hall–Kier alpha value is -3.33. The van der Waals surface area contributed by atoms with Crippen molar-refractivity contribution in [1.29, 1.82) is 0 Å². The summed E-state index contributed by atoms with van der Waals surface area (Å²) in [5, 5.41) is 0. The Balaban J connectivity index is 2.17. The zero-order valence-corrected chi connectivity index (χ0v) is 20.0. The molecule has 1 aliphatic heterocycles. The van der Waals surface area contributed by atoms with Gasteiger partial charge in [-0.1, -0.05) is 24.3 Å². The van der Waals surface area contributed by atoms with Gasteiger partial charge in [-0.3, -0.25) is 9.59 Å². The summed E-state index contributed by atoms with van der Waals surface area (Å²) in [7, 11) is 3.32. The number of rotatable bonds is 8. The number of methoxy groups -OCH3 is 1. The number of amides is 1. The largest absolute Gasteiger partial charge is 0.497 e. The standard InChI is InChI=1S/C26H29F3N2O4/c1-5-13-30(3)14-15-31-23-8-6-7-22(26(27,28)29)21(23)16-20(24(25(31)33)35-17(2)32)18-9-11-19(34-4)12-10-18/h5-12,20,24H,1,13-16H2,2-4H3/t20-,24+/m0/s1. The van der Waals surface area contributed by atoms with Crippen molar-refractivity contribution in [3.63, 3.8) is 0 Å². The second kappa shape index (κ2) is 10.9. The number of halogens is 3. The Morgan fingerprint density at radius 2 is 1.91 bits per heavy atom. The van der Waals surface area contributed by atoms with Crippen LogP contribution in [-0.2, 0) is 26.9 Å². The third-order valence-electron chi connectivity index (χ3n) is 6.03. The third kappa shape index (κ3) is 6.03. The van der Waals surface area contributed by atoms with Crippen molar-refractivity contribution in [2.75, 3.05) is 38.7 Å². The summed E-state index contributed by atoms with van der Waals surface area (Å²) in [6.45, 7) is 5.91. The monoisotopic (exact) mass is 490 g/mol. The van der Waals surface area contributed by atoms with E-state index in [0.29, 0.717) is 24.4 Å². The van der Waals surface area contributed by atoms with E-state index in [1.807, 2.05) is 11.9 Å². The van der Waals surface area contributed by atoms with Crippen LogP contribution >= 0.6 is 0 Å². The molecule has 35 heavy (non-hydrogen) atoms. The molecule has 1 amide bonds. The second-order valence-electron chi connectivity index (χ2n) is 8.46. The fraction of sp³-hybridized carbons (Fsp3) is 0.385. The van der Waals surface area contributed by atoms with Crippen molar-refractivity contribution in [2.45, 2.75) is 31.5 Å². The Kier molecular flexibility index (Phi) is 8.22. The first-order valence-electron chi connectivity index (χ1n) is 11.2. The molecule has 0 N–H and O–H groups in total. The highest BCUT2D eigenvalue weighted by Crippen LogP contribution is 2.43. The van der Waals surface area contributed by atoms with E-state index in [2.05, 4.69) is 6.58 Å². The molecular formula is C26H29F3N2O4. The van der Waals surface area contributed by atoms with Crippen molar-refractivity contribution in [1.82, 2.24) is 4.90 Å². The summed E-state index contributed by atoms with van der Waals surface area (Å²) in [5.74, 6) is -1.52. The van der Waals surface area contributed by atoms with Crippen LogP contribution in [0.3, 0.4) is 0 Å². The van der Waals surface area contributed by atoms with Crippen molar-refractivity contribution >= 4 is 17.6 Å². The van der Waals surface area contributed by atoms with Gasteiger partial charge < -0.3 is 19.3 Å². The topological polar surface area (TPSA) is 59.1 Å². The maximum absolute atomic E-state index is 14.1. The van der Waals surface area contributed by atoms with Gasteiger partial charge in [-0.05, 0) is 48.9 Å². The number of hydrogen-bond acceptors (Lipinski definition) is 5. The summed E-state index contributed by atoms with van der Waals surface area (Å²) in [6.07, 6.45) is -4.36. The molecule has 0 fully saturated rings. The number of anilines is 1. The van der Waals surface area contributed by atoms with Crippen LogP contribution in [0.5, 0.6) is 5.75 Å². The Morgan fingerprint density at radius 1 is 1.23 bits per heavy atom. The number of alkyl halides is 3. The highest BCUT2D eigenvalue weighted by molar-refractivity contribution is 6.00. The Bertz CT molecular complexity index is 1070. The molecule has 1 heterocycles. The molecule has 0 radical (unpaired) electrons. The van der Waals surface area contributed by atoms with Crippen LogP contribution < -0.4 is 9.64 Å². The highest BCUT2D eigenvalue weighted by atomic mass is 19.4. The highest BCUT2D eigenvalue weighted by Gasteiger charge is 2.44. The van der Waals surface area contributed by atoms with Crippen molar-refractivity contribution in [3.05, 3.63) is 71.8 Å². The average molecular weight is 491 g/mol. The lowest BCUT2D eigenvalue weighted by atomic mass is 9.86. The number of fused-ring (bicyclic) bond motifs is 1. The number of carbonyl (C=O) groups is 2. The number of hydrogen-bond donors (Lipinski definition) is 0. The van der Waals surface area contributed by atoms with Crippen LogP contribution in [0.2, 0.25) is 0 Å². The number of benzene rings is 2. The molecule has 0 bridgehead atoms. The van der Waals surface area contributed by atoms with Gasteiger partial charge in [0, 0.05) is 38.2 Å². The molecule has 0 spiro atoms. The van der Waals surface area contributed by atoms with E-state index >= 15 is 0 Å². The minimum Gasteiger partial charge on any atom is -0.497 e. The first-order chi connectivity index (χ1) is 16.6. The number of carbonyl (C=O) groups excluding carboxylic acids is 2. The molecule has 0 saturated carbocycles. The van der Waals surface area contributed by atoms with Crippen LogP contribution in [-0.4, -0.2) is 56.7 Å². The summed E-state index contributed by atoms with van der Waals surface area (Å²) in [5.41, 5.74) is -0.0756. The van der Waals surface area contributed by atoms with Gasteiger partial charge in [0.05, 0.1) is 12.7 Å². The van der Waals surface area contributed by atoms with E-state index in [1.165, 1.54) is 31.1 Å². The second-order valence-corrected chi connectivity index (χ2v) is 8.46. The smallest absolute Gasteiger partial charge is 0.416 e. The van der Waals surface area contributed by atoms with Crippen LogP contribution in [0.4, 0.5) is 18.9 Å². The van der Waals surface area contributed by atoms with Crippen LogP contribution in [0, 0.1) is 0 Å². The Morgan fingerprint density at radius 3 is 2.49 bits per heavy atom. The number of ether oxygens (including phenoxy) is 2. The van der Waals surface area contributed by atoms with Gasteiger partial charge in [-0.15, -0.1) is 6.58 Å². The Labute approximate surface area is 202 Å². The lowest BCUT2D eigenvalue weighted by Gasteiger charge is -2.29.